The van der Waals surface area contributed by atoms with E-state index in [2.05, 4.69) is 0 Å². The lowest BCUT2D eigenvalue weighted by Gasteiger charge is -2.01. The molecule has 3 heteroatoms. The lowest BCUT2D eigenvalue weighted by atomic mass is 10.0. The summed E-state index contributed by atoms with van der Waals surface area (Å²) in [5, 5.41) is 0. The van der Waals surface area contributed by atoms with Gasteiger partial charge in [-0.1, -0.05) is 12.2 Å². The van der Waals surface area contributed by atoms with E-state index in [4.69, 9.17) is 5.73 Å². The number of carbonyl (C=O) groups excluding carboxylic acids is 1. The molecule has 0 unspecified atom stereocenters. The monoisotopic (exact) mass is 207 g/mol. The molecule has 0 fully saturated rings. The SMILES string of the molecule is CC(=O)c1ccc(F)cc1C=CCCN. The third kappa shape index (κ3) is 3.29. The van der Waals surface area contributed by atoms with Crippen molar-refractivity contribution in [3.05, 3.63) is 41.2 Å². The number of hydrogen-bond acceptors (Lipinski definition) is 2. The molecule has 2 nitrogen and oxygen atoms in total. The molecule has 0 aliphatic heterocycles. The Balaban J connectivity index is 3.02. The van der Waals surface area contributed by atoms with Gasteiger partial charge in [0.1, 0.15) is 5.82 Å². The number of ketones is 1. The lowest BCUT2D eigenvalue weighted by Crippen LogP contribution is -1.97. The van der Waals surface area contributed by atoms with Crippen molar-refractivity contribution in [2.75, 3.05) is 6.54 Å². The molecule has 0 atom stereocenters. The third-order valence-corrected chi connectivity index (χ3v) is 2.02. The Kier molecular flexibility index (Phi) is 4.18. The molecule has 0 heterocycles. The fourth-order valence-corrected chi connectivity index (χ4v) is 1.30. The summed E-state index contributed by atoms with van der Waals surface area (Å²) < 4.78 is 12.9. The normalized spacial score (nSPS) is 10.9. The molecule has 80 valence electrons. The van der Waals surface area contributed by atoms with Gasteiger partial charge in [0, 0.05) is 5.56 Å². The molecule has 0 saturated heterocycles. The predicted molar refractivity (Wildman–Crippen MR) is 59.1 cm³/mol. The largest absolute Gasteiger partial charge is 0.330 e. The average Bonchev–Trinajstić information content (AvgIpc) is 2.18. The van der Waals surface area contributed by atoms with Crippen molar-refractivity contribution in [2.24, 2.45) is 5.73 Å². The lowest BCUT2D eigenvalue weighted by molar-refractivity contribution is 0.101. The van der Waals surface area contributed by atoms with Crippen LogP contribution in [0.2, 0.25) is 0 Å². The molecule has 0 aliphatic carbocycles. The molecule has 1 rings (SSSR count). The fraction of sp³-hybridized carbons (Fsp3) is 0.250. The Bertz CT molecular complexity index is 385. The van der Waals surface area contributed by atoms with Crippen LogP contribution in [0.25, 0.3) is 6.08 Å². The summed E-state index contributed by atoms with van der Waals surface area (Å²) >= 11 is 0. The van der Waals surface area contributed by atoms with Crippen molar-refractivity contribution in [1.82, 2.24) is 0 Å². The summed E-state index contributed by atoms with van der Waals surface area (Å²) in [6.07, 6.45) is 4.28. The molecule has 0 amide bonds. The first-order chi connectivity index (χ1) is 7.15. The number of hydrogen-bond donors (Lipinski definition) is 1. The van der Waals surface area contributed by atoms with E-state index in [1.165, 1.54) is 25.1 Å². The zero-order chi connectivity index (χ0) is 11.3. The molecule has 2 N–H and O–H groups in total. The highest BCUT2D eigenvalue weighted by atomic mass is 19.1. The molecule has 0 saturated carbocycles. The molecular formula is C12H14FNO. The van der Waals surface area contributed by atoms with E-state index in [0.717, 1.165) is 0 Å². The van der Waals surface area contributed by atoms with Gasteiger partial charge in [-0.25, -0.2) is 4.39 Å². The van der Waals surface area contributed by atoms with E-state index in [1.54, 1.807) is 6.08 Å². The molecule has 0 spiro atoms. The van der Waals surface area contributed by atoms with Crippen LogP contribution in [0.5, 0.6) is 0 Å². The first-order valence-electron chi connectivity index (χ1n) is 4.82. The predicted octanol–water partition coefficient (Wildman–Crippen LogP) is 2.39. The van der Waals surface area contributed by atoms with Gasteiger partial charge < -0.3 is 5.73 Å². The van der Waals surface area contributed by atoms with E-state index in [9.17, 15) is 9.18 Å². The van der Waals surface area contributed by atoms with Gasteiger partial charge in [0.25, 0.3) is 0 Å². The van der Waals surface area contributed by atoms with Crippen LogP contribution in [-0.2, 0) is 0 Å². The maximum absolute atomic E-state index is 12.9. The second kappa shape index (κ2) is 5.41. The topological polar surface area (TPSA) is 43.1 Å². The van der Waals surface area contributed by atoms with Gasteiger partial charge in [-0.2, -0.15) is 0 Å². The van der Waals surface area contributed by atoms with Crippen molar-refractivity contribution in [3.8, 4) is 0 Å². The molecule has 0 aliphatic rings. The molecule has 1 aromatic carbocycles. The summed E-state index contributed by atoms with van der Waals surface area (Å²) in [5.41, 5.74) is 6.47. The summed E-state index contributed by atoms with van der Waals surface area (Å²) in [6.45, 7) is 2.01. The number of rotatable bonds is 4. The van der Waals surface area contributed by atoms with Crippen LogP contribution in [0.1, 0.15) is 29.3 Å². The van der Waals surface area contributed by atoms with E-state index >= 15 is 0 Å². The van der Waals surface area contributed by atoms with E-state index in [-0.39, 0.29) is 11.6 Å². The number of nitrogens with two attached hydrogens (primary N) is 1. The van der Waals surface area contributed by atoms with Gasteiger partial charge in [-0.05, 0) is 43.7 Å². The summed E-state index contributed by atoms with van der Waals surface area (Å²) in [7, 11) is 0. The first kappa shape index (κ1) is 11.6. The van der Waals surface area contributed by atoms with Crippen LogP contribution in [0.3, 0.4) is 0 Å². The Labute approximate surface area is 88.6 Å². The van der Waals surface area contributed by atoms with Crippen molar-refractivity contribution >= 4 is 11.9 Å². The standard InChI is InChI=1S/C12H14FNO/c1-9(15)12-6-5-11(13)8-10(12)4-2-3-7-14/h2,4-6,8H,3,7,14H2,1H3. The van der Waals surface area contributed by atoms with Crippen molar-refractivity contribution in [1.29, 1.82) is 0 Å². The van der Waals surface area contributed by atoms with E-state index in [0.29, 0.717) is 24.1 Å². The number of Topliss-reactive ketones (excluding diaryl/α,β-unsaturated/α-hetero) is 1. The fourth-order valence-electron chi connectivity index (χ4n) is 1.30. The van der Waals surface area contributed by atoms with Crippen molar-refractivity contribution in [2.45, 2.75) is 13.3 Å². The van der Waals surface area contributed by atoms with Crippen LogP contribution in [-0.4, -0.2) is 12.3 Å². The van der Waals surface area contributed by atoms with Gasteiger partial charge >= 0.3 is 0 Å². The third-order valence-electron chi connectivity index (χ3n) is 2.02. The van der Waals surface area contributed by atoms with Crippen LogP contribution in [0.15, 0.2) is 24.3 Å². The highest BCUT2D eigenvalue weighted by Crippen LogP contribution is 2.14. The second-order valence-corrected chi connectivity index (χ2v) is 3.27. The summed E-state index contributed by atoms with van der Waals surface area (Å²) in [4.78, 5) is 11.2. The van der Waals surface area contributed by atoms with Crippen LogP contribution < -0.4 is 5.73 Å². The number of benzene rings is 1. The minimum Gasteiger partial charge on any atom is -0.330 e. The maximum Gasteiger partial charge on any atom is 0.160 e. The van der Waals surface area contributed by atoms with Crippen molar-refractivity contribution in [3.63, 3.8) is 0 Å². The maximum atomic E-state index is 12.9. The second-order valence-electron chi connectivity index (χ2n) is 3.27. The Morgan fingerprint density at radius 3 is 2.87 bits per heavy atom. The van der Waals surface area contributed by atoms with Gasteiger partial charge in [-0.15, -0.1) is 0 Å². The molecule has 15 heavy (non-hydrogen) atoms. The first-order valence-corrected chi connectivity index (χ1v) is 4.82. The molecular weight excluding hydrogens is 193 g/mol. The van der Waals surface area contributed by atoms with Gasteiger partial charge in [-0.3, -0.25) is 4.79 Å². The van der Waals surface area contributed by atoms with Gasteiger partial charge in [0.15, 0.2) is 5.78 Å². The van der Waals surface area contributed by atoms with E-state index in [1.807, 2.05) is 6.08 Å². The van der Waals surface area contributed by atoms with Gasteiger partial charge in [0.2, 0.25) is 0 Å². The number of carbonyl (C=O) groups is 1. The minimum atomic E-state index is -0.340. The molecule has 0 aromatic heterocycles. The summed E-state index contributed by atoms with van der Waals surface area (Å²) in [6, 6.07) is 4.14. The van der Waals surface area contributed by atoms with E-state index < -0.39 is 0 Å². The molecule has 0 radical (unpaired) electrons. The Morgan fingerprint density at radius 1 is 1.53 bits per heavy atom. The average molecular weight is 207 g/mol. The highest BCUT2D eigenvalue weighted by molar-refractivity contribution is 5.97. The quantitative estimate of drug-likeness (QED) is 0.770. The van der Waals surface area contributed by atoms with Crippen LogP contribution >= 0.6 is 0 Å². The van der Waals surface area contributed by atoms with Gasteiger partial charge in [0.05, 0.1) is 0 Å². The minimum absolute atomic E-state index is 0.0672. The Hall–Kier alpha value is -1.48. The molecule has 0 bridgehead atoms. The van der Waals surface area contributed by atoms with Crippen LogP contribution in [0.4, 0.5) is 4.39 Å². The van der Waals surface area contributed by atoms with Crippen molar-refractivity contribution < 1.29 is 9.18 Å². The van der Waals surface area contributed by atoms with Crippen LogP contribution in [0, 0.1) is 5.82 Å². The highest BCUT2D eigenvalue weighted by Gasteiger charge is 2.05. The zero-order valence-corrected chi connectivity index (χ0v) is 8.66. The number of halogens is 1. The molecule has 1 aromatic rings. The summed E-state index contributed by atoms with van der Waals surface area (Å²) in [5.74, 6) is -0.408. The Morgan fingerprint density at radius 2 is 2.27 bits per heavy atom. The smallest absolute Gasteiger partial charge is 0.160 e. The zero-order valence-electron chi connectivity index (χ0n) is 8.66.